The fraction of sp³-hybridized carbons (Fsp3) is 0.875. The van der Waals surface area contributed by atoms with Crippen molar-refractivity contribution in [2.24, 2.45) is 5.73 Å². The molecule has 0 radical (unpaired) electrons. The van der Waals surface area contributed by atoms with Crippen molar-refractivity contribution in [1.29, 1.82) is 0 Å². The molecule has 4 nitrogen and oxygen atoms in total. The van der Waals surface area contributed by atoms with Crippen LogP contribution in [0.1, 0.15) is 19.8 Å². The van der Waals surface area contributed by atoms with E-state index in [2.05, 4.69) is 0 Å². The highest BCUT2D eigenvalue weighted by Gasteiger charge is 2.19. The van der Waals surface area contributed by atoms with Crippen LogP contribution in [0.5, 0.6) is 0 Å². The monoisotopic (exact) mass is 173 g/mol. The SMILES string of the molecule is C[C@H]1CCOCC[C@H](N)C(=O)O1. The molecule has 0 aromatic heterocycles. The fourth-order valence-corrected chi connectivity index (χ4v) is 1.02. The maximum atomic E-state index is 11.1. The van der Waals surface area contributed by atoms with E-state index in [1.54, 1.807) is 0 Å². The van der Waals surface area contributed by atoms with Crippen molar-refractivity contribution in [1.82, 2.24) is 0 Å². The number of hydrogen-bond donors (Lipinski definition) is 1. The van der Waals surface area contributed by atoms with Gasteiger partial charge in [0.15, 0.2) is 0 Å². The highest BCUT2D eigenvalue weighted by atomic mass is 16.5. The third kappa shape index (κ3) is 2.79. The summed E-state index contributed by atoms with van der Waals surface area (Å²) in [4.78, 5) is 11.1. The molecular formula is C8H15NO3. The molecule has 0 spiro atoms. The highest BCUT2D eigenvalue weighted by molar-refractivity contribution is 5.75. The molecule has 12 heavy (non-hydrogen) atoms. The minimum absolute atomic E-state index is 0.0818. The van der Waals surface area contributed by atoms with Crippen LogP contribution < -0.4 is 5.73 Å². The lowest BCUT2D eigenvalue weighted by atomic mass is 10.2. The van der Waals surface area contributed by atoms with Crippen molar-refractivity contribution in [2.45, 2.75) is 31.9 Å². The molecule has 70 valence electrons. The first-order valence-electron chi connectivity index (χ1n) is 4.24. The van der Waals surface area contributed by atoms with Crippen LogP contribution >= 0.6 is 0 Å². The topological polar surface area (TPSA) is 61.5 Å². The first-order valence-corrected chi connectivity index (χ1v) is 4.24. The molecule has 0 amide bonds. The van der Waals surface area contributed by atoms with Crippen LogP contribution in [0.3, 0.4) is 0 Å². The van der Waals surface area contributed by atoms with Crippen molar-refractivity contribution in [2.75, 3.05) is 13.2 Å². The fourth-order valence-electron chi connectivity index (χ4n) is 1.02. The molecule has 2 N–H and O–H groups in total. The smallest absolute Gasteiger partial charge is 0.323 e. The molecule has 1 aliphatic heterocycles. The van der Waals surface area contributed by atoms with Crippen molar-refractivity contribution in [3.8, 4) is 0 Å². The molecule has 1 aliphatic rings. The number of carbonyl (C=O) groups excluding carboxylic acids is 1. The number of hydrogen-bond acceptors (Lipinski definition) is 4. The second-order valence-electron chi connectivity index (χ2n) is 3.04. The number of cyclic esters (lactones) is 1. The lowest BCUT2D eigenvalue weighted by molar-refractivity contribution is -0.149. The molecule has 0 aliphatic carbocycles. The summed E-state index contributed by atoms with van der Waals surface area (Å²) < 4.78 is 10.3. The molecule has 1 heterocycles. The summed E-state index contributed by atoms with van der Waals surface area (Å²) in [5.74, 6) is -0.312. The minimum atomic E-state index is -0.523. The van der Waals surface area contributed by atoms with Crippen molar-refractivity contribution >= 4 is 5.97 Å². The average Bonchev–Trinajstić information content (AvgIpc) is 2.07. The van der Waals surface area contributed by atoms with Crippen LogP contribution in [0.15, 0.2) is 0 Å². The molecule has 1 fully saturated rings. The predicted molar refractivity (Wildman–Crippen MR) is 43.6 cm³/mol. The van der Waals surface area contributed by atoms with E-state index in [9.17, 15) is 4.79 Å². The van der Waals surface area contributed by atoms with Gasteiger partial charge >= 0.3 is 5.97 Å². The lowest BCUT2D eigenvalue weighted by Gasteiger charge is -2.13. The van der Waals surface area contributed by atoms with E-state index < -0.39 is 6.04 Å². The Morgan fingerprint density at radius 3 is 2.83 bits per heavy atom. The van der Waals surface area contributed by atoms with Gasteiger partial charge in [0.1, 0.15) is 12.1 Å². The van der Waals surface area contributed by atoms with Gasteiger partial charge in [0.05, 0.1) is 6.61 Å². The largest absolute Gasteiger partial charge is 0.461 e. The van der Waals surface area contributed by atoms with Crippen molar-refractivity contribution in [3.05, 3.63) is 0 Å². The zero-order chi connectivity index (χ0) is 8.97. The van der Waals surface area contributed by atoms with Crippen LogP contribution in [-0.4, -0.2) is 31.3 Å². The van der Waals surface area contributed by atoms with Gasteiger partial charge in [-0.15, -0.1) is 0 Å². The molecule has 0 aromatic rings. The molecule has 0 bridgehead atoms. The summed E-state index contributed by atoms with van der Waals surface area (Å²) in [6, 6.07) is -0.523. The molecule has 4 heteroatoms. The summed E-state index contributed by atoms with van der Waals surface area (Å²) in [6.45, 7) is 3.03. The Bertz CT molecular complexity index is 160. The molecule has 1 saturated heterocycles. The van der Waals surface area contributed by atoms with E-state index in [0.29, 0.717) is 19.6 Å². The van der Waals surface area contributed by atoms with Gasteiger partial charge in [-0.1, -0.05) is 0 Å². The van der Waals surface area contributed by atoms with E-state index in [-0.39, 0.29) is 12.1 Å². The summed E-state index contributed by atoms with van der Waals surface area (Å²) in [7, 11) is 0. The van der Waals surface area contributed by atoms with Crippen molar-refractivity contribution < 1.29 is 14.3 Å². The summed E-state index contributed by atoms with van der Waals surface area (Å²) in [6.07, 6.45) is 1.21. The molecule has 0 saturated carbocycles. The van der Waals surface area contributed by atoms with Gasteiger partial charge in [-0.2, -0.15) is 0 Å². The Labute approximate surface area is 72.0 Å². The Kier molecular flexibility index (Phi) is 3.49. The van der Waals surface area contributed by atoms with E-state index >= 15 is 0 Å². The van der Waals surface area contributed by atoms with Gasteiger partial charge in [0, 0.05) is 13.0 Å². The lowest BCUT2D eigenvalue weighted by Crippen LogP contribution is -2.34. The highest BCUT2D eigenvalue weighted by Crippen LogP contribution is 2.05. The minimum Gasteiger partial charge on any atom is -0.461 e. The Hall–Kier alpha value is -0.610. The van der Waals surface area contributed by atoms with E-state index in [0.717, 1.165) is 6.42 Å². The van der Waals surface area contributed by atoms with Crippen LogP contribution in [0.25, 0.3) is 0 Å². The molecule has 2 atom stereocenters. The first kappa shape index (κ1) is 9.48. The maximum Gasteiger partial charge on any atom is 0.323 e. The summed E-state index contributed by atoms with van der Waals surface area (Å²) >= 11 is 0. The van der Waals surface area contributed by atoms with E-state index in [4.69, 9.17) is 15.2 Å². The standard InChI is InChI=1S/C8H15NO3/c1-6-2-4-11-5-3-7(9)8(10)12-6/h6-7H,2-5,9H2,1H3/t6-,7-/m0/s1. The summed E-state index contributed by atoms with van der Waals surface area (Å²) in [5, 5.41) is 0. The Balaban J connectivity index is 2.46. The Morgan fingerprint density at radius 2 is 2.08 bits per heavy atom. The normalized spacial score (nSPS) is 33.0. The zero-order valence-corrected chi connectivity index (χ0v) is 7.29. The Morgan fingerprint density at radius 1 is 1.42 bits per heavy atom. The number of esters is 1. The van der Waals surface area contributed by atoms with Crippen LogP contribution in [0.4, 0.5) is 0 Å². The maximum absolute atomic E-state index is 11.1. The number of ether oxygens (including phenoxy) is 2. The molecule has 1 rings (SSSR count). The first-order chi connectivity index (χ1) is 5.70. The van der Waals surface area contributed by atoms with E-state index in [1.807, 2.05) is 6.92 Å². The van der Waals surface area contributed by atoms with Gasteiger partial charge in [-0.05, 0) is 13.3 Å². The second kappa shape index (κ2) is 4.42. The molecule has 0 unspecified atom stereocenters. The van der Waals surface area contributed by atoms with Gasteiger partial charge < -0.3 is 15.2 Å². The second-order valence-corrected chi connectivity index (χ2v) is 3.04. The van der Waals surface area contributed by atoms with Crippen molar-refractivity contribution in [3.63, 3.8) is 0 Å². The van der Waals surface area contributed by atoms with Gasteiger partial charge in [0.2, 0.25) is 0 Å². The predicted octanol–water partition coefficient (Wildman–Crippen LogP) is 0.0558. The number of nitrogens with two attached hydrogens (primary N) is 1. The summed E-state index contributed by atoms with van der Waals surface area (Å²) in [5.41, 5.74) is 5.52. The quantitative estimate of drug-likeness (QED) is 0.526. The average molecular weight is 173 g/mol. The third-order valence-electron chi connectivity index (χ3n) is 1.86. The number of rotatable bonds is 0. The third-order valence-corrected chi connectivity index (χ3v) is 1.86. The van der Waals surface area contributed by atoms with Crippen LogP contribution in [0, 0.1) is 0 Å². The molecule has 0 aromatic carbocycles. The van der Waals surface area contributed by atoms with Crippen LogP contribution in [-0.2, 0) is 14.3 Å². The van der Waals surface area contributed by atoms with Crippen LogP contribution in [0.2, 0.25) is 0 Å². The van der Waals surface area contributed by atoms with Gasteiger partial charge in [-0.25, -0.2) is 0 Å². The van der Waals surface area contributed by atoms with E-state index in [1.165, 1.54) is 0 Å². The zero-order valence-electron chi connectivity index (χ0n) is 7.29. The van der Waals surface area contributed by atoms with Gasteiger partial charge in [-0.3, -0.25) is 4.79 Å². The van der Waals surface area contributed by atoms with Gasteiger partial charge in [0.25, 0.3) is 0 Å². The number of carbonyl (C=O) groups is 1. The molecular weight excluding hydrogens is 158 g/mol.